The van der Waals surface area contributed by atoms with Crippen LogP contribution in [0.15, 0.2) is 28.5 Å². The summed E-state index contributed by atoms with van der Waals surface area (Å²) in [6.07, 6.45) is 0.564. The van der Waals surface area contributed by atoms with E-state index < -0.39 is 21.7 Å². The Balaban J connectivity index is 1.83. The third-order valence-electron chi connectivity index (χ3n) is 3.83. The predicted octanol–water partition coefficient (Wildman–Crippen LogP) is 1.69. The van der Waals surface area contributed by atoms with E-state index in [1.165, 1.54) is 24.6 Å². The molecule has 128 valence electrons. The first-order valence-electron chi connectivity index (χ1n) is 7.27. The first kappa shape index (κ1) is 17.0. The number of hydrogen-bond acceptors (Lipinski definition) is 5. The Hall–Kier alpha value is -1.81. The lowest BCUT2D eigenvalue weighted by atomic mass is 9.99. The number of benzene rings is 1. The van der Waals surface area contributed by atoms with Gasteiger partial charge >= 0.3 is 0 Å². The maximum absolute atomic E-state index is 14.5. The molecule has 1 aliphatic rings. The molecule has 6 nitrogen and oxygen atoms in total. The van der Waals surface area contributed by atoms with E-state index in [2.05, 4.69) is 15.4 Å². The highest BCUT2D eigenvalue weighted by Gasteiger charge is 2.20. The highest BCUT2D eigenvalue weighted by atomic mass is 32.2. The van der Waals surface area contributed by atoms with Crippen molar-refractivity contribution in [1.29, 1.82) is 0 Å². The topological polar surface area (TPSA) is 87.3 Å². The van der Waals surface area contributed by atoms with Gasteiger partial charge in [-0.2, -0.15) is 0 Å². The van der Waals surface area contributed by atoms with Gasteiger partial charge < -0.3 is 10.6 Å². The van der Waals surface area contributed by atoms with Crippen molar-refractivity contribution >= 4 is 33.0 Å². The Bertz CT molecular complexity index is 893. The summed E-state index contributed by atoms with van der Waals surface area (Å²) in [5.41, 5.74) is 1.60. The van der Waals surface area contributed by atoms with Crippen molar-refractivity contribution in [3.63, 3.8) is 0 Å². The molecule has 0 bridgehead atoms. The van der Waals surface area contributed by atoms with Crippen molar-refractivity contribution in [2.75, 3.05) is 18.9 Å². The Labute approximate surface area is 143 Å². The highest BCUT2D eigenvalue weighted by Crippen LogP contribution is 2.26. The molecule has 3 N–H and O–H groups in total. The van der Waals surface area contributed by atoms with Crippen LogP contribution in [0.2, 0.25) is 0 Å². The molecule has 2 heterocycles. The number of rotatable bonds is 4. The van der Waals surface area contributed by atoms with Crippen molar-refractivity contribution < 1.29 is 17.6 Å². The van der Waals surface area contributed by atoms with Crippen LogP contribution in [0, 0.1) is 5.82 Å². The molecule has 0 unspecified atom stereocenters. The molecule has 24 heavy (non-hydrogen) atoms. The number of halogens is 1. The van der Waals surface area contributed by atoms with Crippen LogP contribution in [0.1, 0.15) is 20.8 Å². The second-order valence-electron chi connectivity index (χ2n) is 5.30. The standard InChI is InChI=1S/C15H16FN3O3S2/c1-17-24(21,22)10-6-13(23-8-10)15(20)19-12-3-2-9-7-18-5-4-11(9)14(12)16/h2-3,6,8,17-18H,4-5,7H2,1H3,(H,19,20). The first-order valence-corrected chi connectivity index (χ1v) is 9.63. The molecule has 1 aromatic heterocycles. The number of thiophene rings is 1. The van der Waals surface area contributed by atoms with Gasteiger partial charge in [0.15, 0.2) is 0 Å². The molecule has 2 aromatic rings. The van der Waals surface area contributed by atoms with E-state index in [4.69, 9.17) is 0 Å². The maximum Gasteiger partial charge on any atom is 0.265 e. The summed E-state index contributed by atoms with van der Waals surface area (Å²) in [7, 11) is -2.31. The monoisotopic (exact) mass is 369 g/mol. The predicted molar refractivity (Wildman–Crippen MR) is 90.3 cm³/mol. The molecule has 0 atom stereocenters. The van der Waals surface area contributed by atoms with Crippen LogP contribution < -0.4 is 15.4 Å². The summed E-state index contributed by atoms with van der Waals surface area (Å²) in [5, 5.41) is 7.05. The fraction of sp³-hybridized carbons (Fsp3) is 0.267. The van der Waals surface area contributed by atoms with Crippen LogP contribution in [0.4, 0.5) is 10.1 Å². The summed E-state index contributed by atoms with van der Waals surface area (Å²) >= 11 is 0.990. The Morgan fingerprint density at radius 2 is 2.17 bits per heavy atom. The van der Waals surface area contributed by atoms with Gasteiger partial charge in [-0.15, -0.1) is 11.3 Å². The van der Waals surface area contributed by atoms with E-state index >= 15 is 0 Å². The Morgan fingerprint density at radius 3 is 2.92 bits per heavy atom. The van der Waals surface area contributed by atoms with Gasteiger partial charge in [-0.25, -0.2) is 17.5 Å². The number of carbonyl (C=O) groups excluding carboxylic acids is 1. The van der Waals surface area contributed by atoms with E-state index in [1.54, 1.807) is 6.07 Å². The number of carbonyl (C=O) groups is 1. The van der Waals surface area contributed by atoms with Gasteiger partial charge in [0.05, 0.1) is 15.5 Å². The lowest BCUT2D eigenvalue weighted by Crippen LogP contribution is -2.25. The number of anilines is 1. The summed E-state index contributed by atoms with van der Waals surface area (Å²) in [4.78, 5) is 12.5. The average molecular weight is 369 g/mol. The van der Waals surface area contributed by atoms with Crippen molar-refractivity contribution in [3.05, 3.63) is 45.4 Å². The van der Waals surface area contributed by atoms with E-state index in [-0.39, 0.29) is 15.5 Å². The zero-order valence-electron chi connectivity index (χ0n) is 12.8. The van der Waals surface area contributed by atoms with E-state index in [1.807, 2.05) is 0 Å². The van der Waals surface area contributed by atoms with Crippen LogP contribution in [-0.2, 0) is 23.0 Å². The number of amides is 1. The molecule has 0 saturated carbocycles. The summed E-state index contributed by atoms with van der Waals surface area (Å²) in [6.45, 7) is 1.30. The zero-order valence-corrected chi connectivity index (χ0v) is 14.5. The SMILES string of the molecule is CNS(=O)(=O)c1csc(C(=O)Nc2ccc3c(c2F)CCNC3)c1. The van der Waals surface area contributed by atoms with Gasteiger partial charge in [0, 0.05) is 11.9 Å². The lowest BCUT2D eigenvalue weighted by Gasteiger charge is -2.19. The van der Waals surface area contributed by atoms with Crippen LogP contribution in [-0.4, -0.2) is 27.9 Å². The Morgan fingerprint density at radius 1 is 1.38 bits per heavy atom. The quantitative estimate of drug-likeness (QED) is 0.765. The van der Waals surface area contributed by atoms with Crippen molar-refractivity contribution in [3.8, 4) is 0 Å². The third-order valence-corrected chi connectivity index (χ3v) is 6.31. The molecule has 0 aliphatic carbocycles. The van der Waals surface area contributed by atoms with Crippen molar-refractivity contribution in [2.24, 2.45) is 0 Å². The summed E-state index contributed by atoms with van der Waals surface area (Å²) < 4.78 is 40.1. The smallest absolute Gasteiger partial charge is 0.265 e. The number of fused-ring (bicyclic) bond motifs is 1. The molecule has 1 aliphatic heterocycles. The van der Waals surface area contributed by atoms with Crippen LogP contribution in [0.25, 0.3) is 0 Å². The fourth-order valence-corrected chi connectivity index (χ4v) is 4.41. The van der Waals surface area contributed by atoms with Crippen molar-refractivity contribution in [1.82, 2.24) is 10.0 Å². The molecular weight excluding hydrogens is 353 g/mol. The van der Waals surface area contributed by atoms with Gasteiger partial charge in [-0.3, -0.25) is 4.79 Å². The van der Waals surface area contributed by atoms with E-state index in [0.717, 1.165) is 16.9 Å². The maximum atomic E-state index is 14.5. The second-order valence-corrected chi connectivity index (χ2v) is 8.10. The van der Waals surface area contributed by atoms with Gasteiger partial charge in [-0.05, 0) is 43.3 Å². The van der Waals surface area contributed by atoms with Gasteiger partial charge in [0.25, 0.3) is 5.91 Å². The fourth-order valence-electron chi connectivity index (χ4n) is 2.51. The molecule has 1 aromatic carbocycles. The average Bonchev–Trinajstić information content (AvgIpc) is 3.08. The minimum Gasteiger partial charge on any atom is -0.319 e. The van der Waals surface area contributed by atoms with Gasteiger partial charge in [0.1, 0.15) is 5.82 Å². The van der Waals surface area contributed by atoms with Gasteiger partial charge in [0.2, 0.25) is 10.0 Å². The molecule has 9 heteroatoms. The molecule has 1 amide bonds. The third kappa shape index (κ3) is 3.20. The lowest BCUT2D eigenvalue weighted by molar-refractivity contribution is 0.103. The number of sulfonamides is 1. The van der Waals surface area contributed by atoms with E-state index in [0.29, 0.717) is 25.1 Å². The number of nitrogens with one attached hydrogen (secondary N) is 3. The van der Waals surface area contributed by atoms with Crippen LogP contribution in [0.3, 0.4) is 0 Å². The largest absolute Gasteiger partial charge is 0.319 e. The number of hydrogen-bond donors (Lipinski definition) is 3. The minimum absolute atomic E-state index is 0.0112. The molecular formula is C15H16FN3O3S2. The summed E-state index contributed by atoms with van der Waals surface area (Å²) in [6, 6.07) is 4.58. The van der Waals surface area contributed by atoms with E-state index in [9.17, 15) is 17.6 Å². The molecule has 0 spiro atoms. The minimum atomic E-state index is -3.60. The Kier molecular flexibility index (Phi) is 4.68. The highest BCUT2D eigenvalue weighted by molar-refractivity contribution is 7.89. The van der Waals surface area contributed by atoms with Crippen LogP contribution >= 0.6 is 11.3 Å². The first-order chi connectivity index (χ1) is 11.4. The zero-order chi connectivity index (χ0) is 17.3. The second kappa shape index (κ2) is 6.60. The van der Waals surface area contributed by atoms with Gasteiger partial charge in [-0.1, -0.05) is 6.07 Å². The van der Waals surface area contributed by atoms with Crippen molar-refractivity contribution in [2.45, 2.75) is 17.9 Å². The molecule has 0 fully saturated rings. The molecule has 3 rings (SSSR count). The summed E-state index contributed by atoms with van der Waals surface area (Å²) in [5.74, 6) is -0.965. The normalized spacial score (nSPS) is 14.2. The molecule has 0 saturated heterocycles. The van der Waals surface area contributed by atoms with Crippen LogP contribution in [0.5, 0.6) is 0 Å². The molecule has 0 radical (unpaired) electrons.